The largest absolute Gasteiger partial charge is 0.310 e. The number of aromatic nitrogens is 2. The Balaban J connectivity index is 1.66. The van der Waals surface area contributed by atoms with Gasteiger partial charge in [0, 0.05) is 19.5 Å². The second-order valence-electron chi connectivity index (χ2n) is 5.77. The minimum absolute atomic E-state index is 0.0947. The Morgan fingerprint density at radius 3 is 2.71 bits per heavy atom. The van der Waals surface area contributed by atoms with Gasteiger partial charge in [0.2, 0.25) is 0 Å². The first-order valence-electron chi connectivity index (χ1n) is 7.63. The second kappa shape index (κ2) is 7.34. The summed E-state index contributed by atoms with van der Waals surface area (Å²) >= 11 is 12.0. The molecule has 0 aliphatic heterocycles. The quantitative estimate of drug-likeness (QED) is 0.749. The van der Waals surface area contributed by atoms with Crippen molar-refractivity contribution in [2.45, 2.75) is 13.0 Å². The summed E-state index contributed by atoms with van der Waals surface area (Å²) in [6.45, 7) is 1.51. The molecule has 124 valence electrons. The Morgan fingerprint density at radius 2 is 1.92 bits per heavy atom. The molecule has 0 bridgehead atoms. The number of rotatable bonds is 5. The van der Waals surface area contributed by atoms with E-state index in [0.29, 0.717) is 27.7 Å². The lowest BCUT2D eigenvalue weighted by atomic mass is 10.2. The number of fused-ring (bicyclic) bond motifs is 1. The topological polar surface area (TPSA) is 49.0 Å². The fraction of sp³-hybridized carbons (Fsp3) is 0.222. The summed E-state index contributed by atoms with van der Waals surface area (Å²) in [6, 6.07) is 13.0. The summed E-state index contributed by atoms with van der Waals surface area (Å²) in [5.41, 5.74) is 1.72. The highest BCUT2D eigenvalue weighted by atomic mass is 35.5. The van der Waals surface area contributed by atoms with Crippen molar-refractivity contribution in [3.05, 3.63) is 74.3 Å². The molecule has 1 heterocycles. The zero-order valence-corrected chi connectivity index (χ0v) is 14.7. The highest BCUT2D eigenvalue weighted by Gasteiger charge is 2.07. The van der Waals surface area contributed by atoms with Crippen molar-refractivity contribution in [2.75, 3.05) is 13.6 Å². The number of likely N-dealkylation sites (N-methyl/N-ethyl adjacent to an activating group) is 1. The van der Waals surface area contributed by atoms with Gasteiger partial charge in [-0.15, -0.1) is 0 Å². The van der Waals surface area contributed by atoms with E-state index in [2.05, 4.69) is 14.9 Å². The van der Waals surface area contributed by atoms with E-state index in [-0.39, 0.29) is 5.56 Å². The molecule has 2 aromatic carbocycles. The molecule has 3 rings (SSSR count). The van der Waals surface area contributed by atoms with Crippen molar-refractivity contribution < 1.29 is 0 Å². The van der Waals surface area contributed by atoms with Gasteiger partial charge in [-0.1, -0.05) is 41.4 Å². The maximum atomic E-state index is 12.1. The van der Waals surface area contributed by atoms with Gasteiger partial charge in [0.15, 0.2) is 0 Å². The van der Waals surface area contributed by atoms with Crippen LogP contribution in [0, 0.1) is 0 Å². The summed E-state index contributed by atoms with van der Waals surface area (Å²) in [6.07, 6.45) is 0.665. The Kier molecular flexibility index (Phi) is 5.19. The molecular formula is C18H17Cl2N3O. The first-order valence-corrected chi connectivity index (χ1v) is 8.39. The van der Waals surface area contributed by atoms with E-state index in [1.807, 2.05) is 37.4 Å². The normalized spacial score (nSPS) is 11.3. The predicted molar refractivity (Wildman–Crippen MR) is 98.9 cm³/mol. The first kappa shape index (κ1) is 17.0. The lowest BCUT2D eigenvalue weighted by molar-refractivity contribution is 0.328. The van der Waals surface area contributed by atoms with E-state index in [0.717, 1.165) is 24.2 Å². The number of nitrogens with one attached hydrogen (secondary N) is 1. The summed E-state index contributed by atoms with van der Waals surface area (Å²) < 4.78 is 0. The molecule has 0 aliphatic carbocycles. The lowest BCUT2D eigenvalue weighted by Gasteiger charge is -2.16. The lowest BCUT2D eigenvalue weighted by Crippen LogP contribution is -2.22. The molecule has 6 heteroatoms. The molecule has 0 fully saturated rings. The molecule has 1 aromatic heterocycles. The van der Waals surface area contributed by atoms with Crippen molar-refractivity contribution in [1.29, 1.82) is 0 Å². The maximum absolute atomic E-state index is 12.1. The summed E-state index contributed by atoms with van der Waals surface area (Å²) in [5, 5.41) is 1.73. The molecule has 0 radical (unpaired) electrons. The Morgan fingerprint density at radius 1 is 1.12 bits per heavy atom. The molecule has 0 spiro atoms. The highest BCUT2D eigenvalue weighted by Crippen LogP contribution is 2.23. The zero-order chi connectivity index (χ0) is 17.1. The predicted octanol–water partition coefficient (Wildman–Crippen LogP) is 3.90. The monoisotopic (exact) mass is 361 g/mol. The van der Waals surface area contributed by atoms with Gasteiger partial charge >= 0.3 is 0 Å². The van der Waals surface area contributed by atoms with Crippen LogP contribution in [-0.2, 0) is 13.0 Å². The van der Waals surface area contributed by atoms with Crippen LogP contribution in [0.5, 0.6) is 0 Å². The number of nitrogens with zero attached hydrogens (tertiary/aromatic N) is 2. The van der Waals surface area contributed by atoms with Crippen molar-refractivity contribution in [1.82, 2.24) is 14.9 Å². The molecule has 4 nitrogen and oxygen atoms in total. The number of hydrogen-bond acceptors (Lipinski definition) is 3. The molecule has 0 atom stereocenters. The van der Waals surface area contributed by atoms with Gasteiger partial charge in [0.25, 0.3) is 5.56 Å². The minimum Gasteiger partial charge on any atom is -0.310 e. The van der Waals surface area contributed by atoms with Crippen LogP contribution in [0.2, 0.25) is 10.0 Å². The molecular weight excluding hydrogens is 345 g/mol. The Bertz CT molecular complexity index is 924. The molecule has 0 aliphatic rings. The molecule has 3 aromatic rings. The molecule has 0 saturated carbocycles. The standard InChI is InChI=1S/C18H17Cl2N3O/c1-23(11-12-6-7-14(19)15(20)10-12)9-8-17-21-16-5-3-2-4-13(16)18(24)22-17/h2-7,10H,8-9,11H2,1H3,(H,21,22,24). The van der Waals surface area contributed by atoms with Crippen LogP contribution >= 0.6 is 23.2 Å². The van der Waals surface area contributed by atoms with Crippen LogP contribution in [-0.4, -0.2) is 28.5 Å². The molecule has 24 heavy (non-hydrogen) atoms. The summed E-state index contributed by atoms with van der Waals surface area (Å²) in [4.78, 5) is 21.6. The third-order valence-electron chi connectivity index (χ3n) is 3.83. The third kappa shape index (κ3) is 3.96. The molecule has 0 saturated heterocycles. The number of halogens is 2. The van der Waals surface area contributed by atoms with Gasteiger partial charge in [-0.25, -0.2) is 4.98 Å². The van der Waals surface area contributed by atoms with Gasteiger partial charge in [-0.05, 0) is 36.9 Å². The van der Waals surface area contributed by atoms with E-state index in [1.165, 1.54) is 0 Å². The fourth-order valence-corrected chi connectivity index (χ4v) is 2.90. The molecule has 0 unspecified atom stereocenters. The number of benzene rings is 2. The third-order valence-corrected chi connectivity index (χ3v) is 4.57. The summed E-state index contributed by atoms with van der Waals surface area (Å²) in [7, 11) is 2.02. The minimum atomic E-state index is -0.0947. The van der Waals surface area contributed by atoms with Crippen LogP contribution in [0.25, 0.3) is 10.9 Å². The van der Waals surface area contributed by atoms with E-state index in [9.17, 15) is 4.79 Å². The smallest absolute Gasteiger partial charge is 0.258 e. The first-order chi connectivity index (χ1) is 11.5. The number of H-pyrrole nitrogens is 1. The Labute approximate surface area is 150 Å². The van der Waals surface area contributed by atoms with Crippen LogP contribution in [0.1, 0.15) is 11.4 Å². The van der Waals surface area contributed by atoms with Gasteiger partial charge in [-0.2, -0.15) is 0 Å². The van der Waals surface area contributed by atoms with E-state index in [1.54, 1.807) is 12.1 Å². The van der Waals surface area contributed by atoms with E-state index >= 15 is 0 Å². The van der Waals surface area contributed by atoms with Crippen molar-refractivity contribution in [3.8, 4) is 0 Å². The van der Waals surface area contributed by atoms with Gasteiger partial charge in [-0.3, -0.25) is 4.79 Å². The SMILES string of the molecule is CN(CCc1nc2ccccc2c(=O)[nH]1)Cc1ccc(Cl)c(Cl)c1. The average molecular weight is 362 g/mol. The Hall–Kier alpha value is -1.88. The van der Waals surface area contributed by atoms with Crippen molar-refractivity contribution in [3.63, 3.8) is 0 Å². The average Bonchev–Trinajstić information content (AvgIpc) is 2.56. The summed E-state index contributed by atoms with van der Waals surface area (Å²) in [5.74, 6) is 0.694. The van der Waals surface area contributed by atoms with E-state index in [4.69, 9.17) is 23.2 Å². The number of hydrogen-bond donors (Lipinski definition) is 1. The van der Waals surface area contributed by atoms with Crippen LogP contribution in [0.15, 0.2) is 47.3 Å². The second-order valence-corrected chi connectivity index (χ2v) is 6.58. The maximum Gasteiger partial charge on any atom is 0.258 e. The molecule has 0 amide bonds. The molecule has 1 N–H and O–H groups in total. The van der Waals surface area contributed by atoms with Crippen LogP contribution in [0.4, 0.5) is 0 Å². The number of para-hydroxylation sites is 1. The zero-order valence-electron chi connectivity index (χ0n) is 13.2. The highest BCUT2D eigenvalue weighted by molar-refractivity contribution is 6.42. The van der Waals surface area contributed by atoms with E-state index < -0.39 is 0 Å². The van der Waals surface area contributed by atoms with Crippen molar-refractivity contribution >= 4 is 34.1 Å². The van der Waals surface area contributed by atoms with Gasteiger partial charge in [0.1, 0.15) is 5.82 Å². The number of aromatic amines is 1. The van der Waals surface area contributed by atoms with Crippen LogP contribution in [0.3, 0.4) is 0 Å². The van der Waals surface area contributed by atoms with Crippen LogP contribution < -0.4 is 5.56 Å². The fourth-order valence-electron chi connectivity index (χ4n) is 2.58. The van der Waals surface area contributed by atoms with Crippen molar-refractivity contribution in [2.24, 2.45) is 0 Å². The van der Waals surface area contributed by atoms with Gasteiger partial charge in [0.05, 0.1) is 20.9 Å². The van der Waals surface area contributed by atoms with Gasteiger partial charge < -0.3 is 9.88 Å².